The van der Waals surface area contributed by atoms with Gasteiger partial charge in [0.2, 0.25) is 0 Å². The van der Waals surface area contributed by atoms with E-state index in [0.717, 1.165) is 19.4 Å². The van der Waals surface area contributed by atoms with Crippen molar-refractivity contribution in [1.29, 1.82) is 0 Å². The average molecular weight is 125 g/mol. The Balaban J connectivity index is 2.99. The topological polar surface area (TPSA) is 26.0 Å². The van der Waals surface area contributed by atoms with E-state index in [1.807, 2.05) is 0 Å². The highest BCUT2D eigenvalue weighted by atomic mass is 14.5. The maximum Gasteiger partial charge on any atom is 0.00861 e. The molecular formula is C8H15N. The van der Waals surface area contributed by atoms with Gasteiger partial charge in [-0.3, -0.25) is 0 Å². The van der Waals surface area contributed by atoms with Crippen molar-refractivity contribution in [3.05, 3.63) is 0 Å². The van der Waals surface area contributed by atoms with Gasteiger partial charge in [0, 0.05) is 6.42 Å². The summed E-state index contributed by atoms with van der Waals surface area (Å²) in [5.41, 5.74) is 5.40. The van der Waals surface area contributed by atoms with Crippen LogP contribution in [0.15, 0.2) is 0 Å². The monoisotopic (exact) mass is 125 g/mol. The van der Waals surface area contributed by atoms with Gasteiger partial charge >= 0.3 is 0 Å². The van der Waals surface area contributed by atoms with Gasteiger partial charge in [-0.1, -0.05) is 6.92 Å². The molecule has 0 amide bonds. The molecule has 0 aromatic rings. The Kier molecular flexibility index (Phi) is 5.35. The van der Waals surface area contributed by atoms with E-state index in [-0.39, 0.29) is 0 Å². The minimum atomic E-state index is 0.637. The second-order valence-corrected chi connectivity index (χ2v) is 2.44. The Hall–Kier alpha value is -0.480. The van der Waals surface area contributed by atoms with Gasteiger partial charge in [-0.2, -0.15) is 0 Å². The number of terminal acetylenes is 1. The summed E-state index contributed by atoms with van der Waals surface area (Å²) in [6.07, 6.45) is 8.26. The van der Waals surface area contributed by atoms with Crippen LogP contribution in [0.25, 0.3) is 0 Å². The molecule has 1 heteroatoms. The largest absolute Gasteiger partial charge is 0.330 e. The molecule has 1 nitrogen and oxygen atoms in total. The fourth-order valence-corrected chi connectivity index (χ4v) is 0.670. The van der Waals surface area contributed by atoms with Gasteiger partial charge in [0.15, 0.2) is 0 Å². The van der Waals surface area contributed by atoms with Crippen molar-refractivity contribution in [2.75, 3.05) is 6.54 Å². The summed E-state index contributed by atoms with van der Waals surface area (Å²) in [4.78, 5) is 0. The van der Waals surface area contributed by atoms with Gasteiger partial charge in [0.25, 0.3) is 0 Å². The molecule has 0 saturated carbocycles. The van der Waals surface area contributed by atoms with Crippen LogP contribution in [-0.4, -0.2) is 6.54 Å². The number of rotatable bonds is 4. The summed E-state index contributed by atoms with van der Waals surface area (Å²) in [5, 5.41) is 0. The van der Waals surface area contributed by atoms with Crippen molar-refractivity contribution in [3.8, 4) is 12.3 Å². The van der Waals surface area contributed by atoms with E-state index < -0.39 is 0 Å². The fraction of sp³-hybridized carbons (Fsp3) is 0.750. The lowest BCUT2D eigenvalue weighted by Crippen LogP contribution is -2.09. The van der Waals surface area contributed by atoms with Crippen molar-refractivity contribution >= 4 is 0 Å². The van der Waals surface area contributed by atoms with Crippen LogP contribution in [0, 0.1) is 18.3 Å². The predicted molar refractivity (Wildman–Crippen MR) is 40.9 cm³/mol. The second kappa shape index (κ2) is 5.65. The van der Waals surface area contributed by atoms with E-state index in [1.165, 1.54) is 6.42 Å². The smallest absolute Gasteiger partial charge is 0.00861 e. The van der Waals surface area contributed by atoms with Gasteiger partial charge in [-0.15, -0.1) is 12.3 Å². The third-order valence-corrected chi connectivity index (χ3v) is 1.42. The molecule has 0 aliphatic heterocycles. The zero-order valence-corrected chi connectivity index (χ0v) is 6.06. The molecule has 0 radical (unpaired) electrons. The normalized spacial score (nSPS) is 12.6. The lowest BCUT2D eigenvalue weighted by atomic mass is 10.1. The van der Waals surface area contributed by atoms with E-state index in [2.05, 4.69) is 12.8 Å². The third kappa shape index (κ3) is 5.39. The van der Waals surface area contributed by atoms with Crippen molar-refractivity contribution in [2.45, 2.75) is 26.2 Å². The number of unbranched alkanes of at least 4 members (excludes halogenated alkanes) is 1. The first-order valence-electron chi connectivity index (χ1n) is 3.44. The van der Waals surface area contributed by atoms with E-state index in [9.17, 15) is 0 Å². The maximum absolute atomic E-state index is 5.40. The highest BCUT2D eigenvalue weighted by Crippen LogP contribution is 2.04. The first-order chi connectivity index (χ1) is 4.31. The van der Waals surface area contributed by atoms with Crippen molar-refractivity contribution in [1.82, 2.24) is 0 Å². The highest BCUT2D eigenvalue weighted by Gasteiger charge is 1.95. The molecule has 1 unspecified atom stereocenters. The first kappa shape index (κ1) is 8.52. The summed E-state index contributed by atoms with van der Waals surface area (Å²) in [6, 6.07) is 0. The Morgan fingerprint density at radius 1 is 1.67 bits per heavy atom. The van der Waals surface area contributed by atoms with Crippen LogP contribution in [0.3, 0.4) is 0 Å². The highest BCUT2D eigenvalue weighted by molar-refractivity contribution is 4.83. The Morgan fingerprint density at radius 3 is 2.78 bits per heavy atom. The Bertz CT molecular complexity index is 91.2. The molecule has 0 bridgehead atoms. The molecule has 0 spiro atoms. The van der Waals surface area contributed by atoms with Crippen molar-refractivity contribution < 1.29 is 0 Å². The number of nitrogens with two attached hydrogens (primary N) is 1. The molecule has 9 heavy (non-hydrogen) atoms. The first-order valence-corrected chi connectivity index (χ1v) is 3.44. The van der Waals surface area contributed by atoms with Crippen molar-refractivity contribution in [3.63, 3.8) is 0 Å². The van der Waals surface area contributed by atoms with Gasteiger partial charge in [-0.05, 0) is 25.3 Å². The quantitative estimate of drug-likeness (QED) is 0.446. The van der Waals surface area contributed by atoms with Crippen LogP contribution in [0.2, 0.25) is 0 Å². The molecule has 0 rings (SSSR count). The molecule has 52 valence electrons. The Morgan fingerprint density at radius 2 is 2.33 bits per heavy atom. The predicted octanol–water partition coefficient (Wildman–Crippen LogP) is 1.38. The SMILES string of the molecule is C#CCCCC(C)CN. The van der Waals surface area contributed by atoms with Gasteiger partial charge in [0.05, 0.1) is 0 Å². The fourth-order valence-electron chi connectivity index (χ4n) is 0.670. The molecule has 0 fully saturated rings. The van der Waals surface area contributed by atoms with Gasteiger partial charge < -0.3 is 5.73 Å². The molecule has 0 aromatic heterocycles. The summed E-state index contributed by atoms with van der Waals surface area (Å²) >= 11 is 0. The molecule has 1 atom stereocenters. The lowest BCUT2D eigenvalue weighted by Gasteiger charge is -2.04. The Labute approximate surface area is 57.6 Å². The molecule has 0 aromatic carbocycles. The maximum atomic E-state index is 5.40. The standard InChI is InChI=1S/C8H15N/c1-3-4-5-6-8(2)7-9/h1,8H,4-7,9H2,2H3. The summed E-state index contributed by atoms with van der Waals surface area (Å²) in [6.45, 7) is 2.93. The van der Waals surface area contributed by atoms with Crippen LogP contribution in [0.5, 0.6) is 0 Å². The van der Waals surface area contributed by atoms with Crippen LogP contribution < -0.4 is 5.73 Å². The summed E-state index contributed by atoms with van der Waals surface area (Å²) in [7, 11) is 0. The van der Waals surface area contributed by atoms with E-state index in [4.69, 9.17) is 12.2 Å². The minimum Gasteiger partial charge on any atom is -0.330 e. The van der Waals surface area contributed by atoms with E-state index >= 15 is 0 Å². The van der Waals surface area contributed by atoms with Crippen molar-refractivity contribution in [2.24, 2.45) is 11.7 Å². The molecule has 0 aliphatic carbocycles. The number of hydrogen-bond donors (Lipinski definition) is 1. The summed E-state index contributed by atoms with van der Waals surface area (Å²) in [5.74, 6) is 3.24. The number of hydrogen-bond acceptors (Lipinski definition) is 1. The molecule has 0 aliphatic rings. The molecule has 0 saturated heterocycles. The molecular weight excluding hydrogens is 110 g/mol. The molecule has 0 heterocycles. The van der Waals surface area contributed by atoms with Crippen LogP contribution >= 0.6 is 0 Å². The van der Waals surface area contributed by atoms with Gasteiger partial charge in [-0.25, -0.2) is 0 Å². The van der Waals surface area contributed by atoms with Crippen LogP contribution in [0.4, 0.5) is 0 Å². The van der Waals surface area contributed by atoms with Gasteiger partial charge in [0.1, 0.15) is 0 Å². The summed E-state index contributed by atoms with van der Waals surface area (Å²) < 4.78 is 0. The van der Waals surface area contributed by atoms with E-state index in [0.29, 0.717) is 5.92 Å². The second-order valence-electron chi connectivity index (χ2n) is 2.44. The molecule has 2 N–H and O–H groups in total. The third-order valence-electron chi connectivity index (χ3n) is 1.42. The van der Waals surface area contributed by atoms with E-state index in [1.54, 1.807) is 0 Å². The lowest BCUT2D eigenvalue weighted by molar-refractivity contribution is 0.526. The zero-order valence-electron chi connectivity index (χ0n) is 6.06. The minimum absolute atomic E-state index is 0.637. The zero-order chi connectivity index (χ0) is 7.11. The average Bonchev–Trinajstić information content (AvgIpc) is 1.89. The van der Waals surface area contributed by atoms with Crippen LogP contribution in [-0.2, 0) is 0 Å². The van der Waals surface area contributed by atoms with Crippen LogP contribution in [0.1, 0.15) is 26.2 Å².